The first-order chi connectivity index (χ1) is 20.9. The molecule has 12 heteroatoms. The smallest absolute Gasteiger partial charge is 0.411 e. The normalized spacial score (nSPS) is 11.7. The lowest BCUT2D eigenvalue weighted by Crippen LogP contribution is -2.29. The molecule has 0 fully saturated rings. The lowest BCUT2D eigenvalue weighted by molar-refractivity contribution is -0.117. The number of halogens is 1. The summed E-state index contributed by atoms with van der Waals surface area (Å²) >= 11 is 6.23. The molecule has 0 saturated heterocycles. The minimum atomic E-state index is -0.549. The van der Waals surface area contributed by atoms with E-state index in [0.29, 0.717) is 34.1 Å². The SMILES string of the molecule is COC(=O)Nc1ccc(-c2cc(C(Cc3ccccc3)NC(=O)/C=C/c3cc(Cl)ccc3-n3cnnn3)nnc2C)cc1. The van der Waals surface area contributed by atoms with E-state index in [1.807, 2.05) is 55.5 Å². The third-order valence-corrected chi connectivity index (χ3v) is 6.82. The molecule has 1 unspecified atom stereocenters. The Bertz CT molecular complexity index is 1740. The molecule has 0 aliphatic rings. The van der Waals surface area contributed by atoms with Crippen molar-refractivity contribution in [3.05, 3.63) is 119 Å². The fourth-order valence-electron chi connectivity index (χ4n) is 4.44. The number of aryl methyl sites for hydroxylation is 1. The predicted molar refractivity (Wildman–Crippen MR) is 162 cm³/mol. The number of carbonyl (C=O) groups is 2. The van der Waals surface area contributed by atoms with Gasteiger partial charge in [0.05, 0.1) is 30.2 Å². The zero-order valence-corrected chi connectivity index (χ0v) is 24.1. The second-order valence-corrected chi connectivity index (χ2v) is 9.94. The molecule has 2 N–H and O–H groups in total. The second kappa shape index (κ2) is 13.5. The lowest BCUT2D eigenvalue weighted by atomic mass is 9.98. The maximum absolute atomic E-state index is 13.3. The van der Waals surface area contributed by atoms with Crippen molar-refractivity contribution in [1.29, 1.82) is 0 Å². The summed E-state index contributed by atoms with van der Waals surface area (Å²) in [6.07, 6.45) is 4.51. The monoisotopic (exact) mass is 594 g/mol. The quantitative estimate of drug-likeness (QED) is 0.217. The van der Waals surface area contributed by atoms with Crippen LogP contribution < -0.4 is 10.6 Å². The minimum absolute atomic E-state index is 0.328. The van der Waals surface area contributed by atoms with Gasteiger partial charge >= 0.3 is 6.09 Å². The van der Waals surface area contributed by atoms with E-state index < -0.39 is 12.1 Å². The molecular formula is C31H27ClN8O3. The summed E-state index contributed by atoms with van der Waals surface area (Å²) in [7, 11) is 1.31. The van der Waals surface area contributed by atoms with Gasteiger partial charge in [0.15, 0.2) is 0 Å². The van der Waals surface area contributed by atoms with Crippen LogP contribution in [-0.2, 0) is 16.0 Å². The third kappa shape index (κ3) is 7.46. The van der Waals surface area contributed by atoms with Crippen LogP contribution in [0.15, 0.2) is 91.3 Å². The van der Waals surface area contributed by atoms with Crippen molar-refractivity contribution in [3.8, 4) is 16.8 Å². The first kappa shape index (κ1) is 29.1. The Kier molecular flexibility index (Phi) is 9.13. The summed E-state index contributed by atoms with van der Waals surface area (Å²) in [5.41, 5.74) is 6.00. The van der Waals surface area contributed by atoms with E-state index in [2.05, 4.69) is 41.1 Å². The predicted octanol–water partition coefficient (Wildman–Crippen LogP) is 5.37. The van der Waals surface area contributed by atoms with Gasteiger partial charge in [-0.25, -0.2) is 4.79 Å². The van der Waals surface area contributed by atoms with E-state index in [9.17, 15) is 9.59 Å². The maximum atomic E-state index is 13.3. The van der Waals surface area contributed by atoms with Gasteiger partial charge in [-0.05, 0) is 77.4 Å². The molecule has 2 heterocycles. The second-order valence-electron chi connectivity index (χ2n) is 9.50. The first-order valence-corrected chi connectivity index (χ1v) is 13.6. The van der Waals surface area contributed by atoms with E-state index in [1.54, 1.807) is 36.4 Å². The molecule has 11 nitrogen and oxygen atoms in total. The molecule has 3 aromatic carbocycles. The topological polar surface area (TPSA) is 137 Å². The van der Waals surface area contributed by atoms with E-state index in [4.69, 9.17) is 11.6 Å². The number of amides is 2. The van der Waals surface area contributed by atoms with E-state index in [-0.39, 0.29) is 5.91 Å². The number of methoxy groups -OCH3 is 1. The molecular weight excluding hydrogens is 568 g/mol. The number of rotatable bonds is 9. The average Bonchev–Trinajstić information content (AvgIpc) is 3.56. The van der Waals surface area contributed by atoms with Crippen LogP contribution in [-0.4, -0.2) is 49.5 Å². The highest BCUT2D eigenvalue weighted by atomic mass is 35.5. The number of nitrogens with zero attached hydrogens (tertiary/aromatic N) is 6. The molecule has 216 valence electrons. The Morgan fingerprint density at radius 2 is 1.81 bits per heavy atom. The van der Waals surface area contributed by atoms with Gasteiger partial charge in [0.2, 0.25) is 5.91 Å². The van der Waals surface area contributed by atoms with Crippen molar-refractivity contribution in [2.24, 2.45) is 0 Å². The Hall–Kier alpha value is -5.42. The maximum Gasteiger partial charge on any atom is 0.411 e. The summed E-state index contributed by atoms with van der Waals surface area (Å²) in [5.74, 6) is -0.328. The van der Waals surface area contributed by atoms with Crippen LogP contribution in [0.1, 0.15) is 28.6 Å². The Labute approximate surface area is 252 Å². The molecule has 5 aromatic rings. The summed E-state index contributed by atoms with van der Waals surface area (Å²) in [4.78, 5) is 24.8. The molecule has 0 spiro atoms. The van der Waals surface area contributed by atoms with Gasteiger partial charge in [-0.2, -0.15) is 14.9 Å². The highest BCUT2D eigenvalue weighted by Crippen LogP contribution is 2.27. The molecule has 5 rings (SSSR count). The van der Waals surface area contributed by atoms with Gasteiger partial charge in [0.25, 0.3) is 0 Å². The van der Waals surface area contributed by atoms with Crippen LogP contribution in [0, 0.1) is 6.92 Å². The Morgan fingerprint density at radius 1 is 1.02 bits per heavy atom. The van der Waals surface area contributed by atoms with Crippen LogP contribution in [0.25, 0.3) is 22.9 Å². The zero-order chi connectivity index (χ0) is 30.2. The number of ether oxygens (including phenoxy) is 1. The molecule has 0 aliphatic carbocycles. The van der Waals surface area contributed by atoms with Crippen molar-refractivity contribution >= 4 is 35.4 Å². The highest BCUT2D eigenvalue weighted by Gasteiger charge is 2.19. The van der Waals surface area contributed by atoms with Gasteiger partial charge in [-0.3, -0.25) is 10.1 Å². The molecule has 43 heavy (non-hydrogen) atoms. The van der Waals surface area contributed by atoms with E-state index in [1.165, 1.54) is 24.2 Å². The molecule has 0 saturated carbocycles. The number of nitrogens with one attached hydrogen (secondary N) is 2. The van der Waals surface area contributed by atoms with Crippen LogP contribution in [0.2, 0.25) is 5.02 Å². The molecule has 0 radical (unpaired) electrons. The minimum Gasteiger partial charge on any atom is -0.453 e. The van der Waals surface area contributed by atoms with Crippen molar-refractivity contribution in [2.45, 2.75) is 19.4 Å². The number of aromatic nitrogens is 6. The summed E-state index contributed by atoms with van der Waals surface area (Å²) in [6, 6.07) is 23.8. The number of benzene rings is 3. The van der Waals surface area contributed by atoms with Gasteiger partial charge in [-0.15, -0.1) is 5.10 Å². The van der Waals surface area contributed by atoms with Crippen LogP contribution in [0.3, 0.4) is 0 Å². The van der Waals surface area contributed by atoms with Crippen molar-refractivity contribution < 1.29 is 14.3 Å². The van der Waals surface area contributed by atoms with Gasteiger partial charge in [0, 0.05) is 27.9 Å². The molecule has 0 bridgehead atoms. The van der Waals surface area contributed by atoms with Crippen molar-refractivity contribution in [3.63, 3.8) is 0 Å². The van der Waals surface area contributed by atoms with Crippen LogP contribution in [0.5, 0.6) is 0 Å². The number of anilines is 1. The third-order valence-electron chi connectivity index (χ3n) is 6.58. The van der Waals surface area contributed by atoms with Crippen LogP contribution in [0.4, 0.5) is 10.5 Å². The standard InChI is InChI=1S/C31H27ClN8O3/c1-20-26(22-8-12-25(13-9-22)34-31(42)43-2)18-28(37-36-20)27(16-21-6-4-3-5-7-21)35-30(41)15-10-23-17-24(32)11-14-29(23)40-19-33-38-39-40/h3-15,17-19,27H,16H2,1-2H3,(H,34,42)(H,35,41)/b15-10+. The zero-order valence-electron chi connectivity index (χ0n) is 23.3. The fourth-order valence-corrected chi connectivity index (χ4v) is 4.62. The van der Waals surface area contributed by atoms with Crippen molar-refractivity contribution in [1.82, 2.24) is 35.7 Å². The molecule has 2 aromatic heterocycles. The summed E-state index contributed by atoms with van der Waals surface area (Å²) in [6.45, 7) is 1.87. The number of carbonyl (C=O) groups excluding carboxylic acids is 2. The first-order valence-electron chi connectivity index (χ1n) is 13.2. The molecule has 0 aliphatic heterocycles. The van der Waals surface area contributed by atoms with Crippen LogP contribution >= 0.6 is 11.6 Å². The van der Waals surface area contributed by atoms with Gasteiger partial charge in [-0.1, -0.05) is 54.1 Å². The lowest BCUT2D eigenvalue weighted by Gasteiger charge is -2.19. The molecule has 1 atom stereocenters. The van der Waals surface area contributed by atoms with E-state index >= 15 is 0 Å². The number of hydrogen-bond acceptors (Lipinski definition) is 8. The molecule has 2 amide bonds. The number of hydrogen-bond donors (Lipinski definition) is 2. The van der Waals surface area contributed by atoms with E-state index in [0.717, 1.165) is 22.4 Å². The van der Waals surface area contributed by atoms with Gasteiger partial charge < -0.3 is 10.1 Å². The summed E-state index contributed by atoms with van der Waals surface area (Å²) in [5, 5.41) is 26.4. The average molecular weight is 595 g/mol. The fraction of sp³-hybridized carbons (Fsp3) is 0.129. The largest absolute Gasteiger partial charge is 0.453 e. The number of tetrazole rings is 1. The Balaban J connectivity index is 1.42. The van der Waals surface area contributed by atoms with Crippen molar-refractivity contribution in [2.75, 3.05) is 12.4 Å². The highest BCUT2D eigenvalue weighted by molar-refractivity contribution is 6.30. The summed E-state index contributed by atoms with van der Waals surface area (Å²) < 4.78 is 6.15. The van der Waals surface area contributed by atoms with Gasteiger partial charge in [0.1, 0.15) is 6.33 Å². The Morgan fingerprint density at radius 3 is 2.53 bits per heavy atom.